The van der Waals surface area contributed by atoms with Crippen LogP contribution in [-0.4, -0.2) is 37.7 Å². The summed E-state index contributed by atoms with van der Waals surface area (Å²) in [6, 6.07) is 6.93. The molecule has 1 aromatic carbocycles. The van der Waals surface area contributed by atoms with Crippen molar-refractivity contribution in [3.05, 3.63) is 24.3 Å². The van der Waals surface area contributed by atoms with Gasteiger partial charge >= 0.3 is 11.8 Å². The van der Waals surface area contributed by atoms with Gasteiger partial charge in [-0.05, 0) is 43.5 Å². The molecule has 0 spiro atoms. The monoisotopic (exact) mass is 306 g/mol. The second kappa shape index (κ2) is 8.38. The molecule has 120 valence electrons. The number of nitrogens with one attached hydrogen (secondary N) is 2. The van der Waals surface area contributed by atoms with Gasteiger partial charge in [0.25, 0.3) is 0 Å². The van der Waals surface area contributed by atoms with Crippen molar-refractivity contribution < 1.29 is 19.1 Å². The van der Waals surface area contributed by atoms with Gasteiger partial charge in [-0.2, -0.15) is 0 Å². The van der Waals surface area contributed by atoms with Gasteiger partial charge in [-0.15, -0.1) is 0 Å². The van der Waals surface area contributed by atoms with Crippen molar-refractivity contribution in [3.8, 4) is 5.75 Å². The zero-order valence-electron chi connectivity index (χ0n) is 12.8. The number of amides is 2. The number of hydrogen-bond donors (Lipinski definition) is 2. The molecule has 1 fully saturated rings. The molecule has 2 rings (SSSR count). The van der Waals surface area contributed by atoms with Crippen LogP contribution in [0.5, 0.6) is 5.75 Å². The fraction of sp³-hybridized carbons (Fsp3) is 0.500. The second-order valence-electron chi connectivity index (χ2n) is 5.17. The van der Waals surface area contributed by atoms with Crippen LogP contribution in [0.1, 0.15) is 26.2 Å². The molecule has 0 aromatic heterocycles. The fourth-order valence-electron chi connectivity index (χ4n) is 2.13. The molecule has 2 amide bonds. The molecule has 0 radical (unpaired) electrons. The molecule has 1 saturated heterocycles. The molecule has 1 atom stereocenters. The Labute approximate surface area is 130 Å². The van der Waals surface area contributed by atoms with Crippen LogP contribution >= 0.6 is 0 Å². The molecule has 0 saturated carbocycles. The zero-order valence-corrected chi connectivity index (χ0v) is 12.8. The maximum atomic E-state index is 11.8. The predicted molar refractivity (Wildman–Crippen MR) is 82.8 cm³/mol. The Balaban J connectivity index is 1.76. The second-order valence-corrected chi connectivity index (χ2v) is 5.17. The summed E-state index contributed by atoms with van der Waals surface area (Å²) < 4.78 is 10.8. The van der Waals surface area contributed by atoms with Crippen LogP contribution < -0.4 is 15.4 Å². The summed E-state index contributed by atoms with van der Waals surface area (Å²) in [6.45, 7) is 3.77. The van der Waals surface area contributed by atoms with E-state index in [0.717, 1.165) is 31.6 Å². The summed E-state index contributed by atoms with van der Waals surface area (Å²) in [7, 11) is 0. The van der Waals surface area contributed by atoms with Gasteiger partial charge in [0.05, 0.1) is 12.7 Å². The molecule has 2 N–H and O–H groups in total. The molecular weight excluding hydrogens is 284 g/mol. The quantitative estimate of drug-likeness (QED) is 0.784. The fourth-order valence-corrected chi connectivity index (χ4v) is 2.13. The molecule has 0 aliphatic carbocycles. The summed E-state index contributed by atoms with van der Waals surface area (Å²) in [5, 5.41) is 5.14. The number of anilines is 1. The third-order valence-electron chi connectivity index (χ3n) is 3.31. The molecule has 6 nitrogen and oxygen atoms in total. The van der Waals surface area contributed by atoms with E-state index in [9.17, 15) is 9.59 Å². The lowest BCUT2D eigenvalue weighted by atomic mass is 10.2. The molecule has 6 heteroatoms. The topological polar surface area (TPSA) is 76.7 Å². The molecule has 0 unspecified atom stereocenters. The van der Waals surface area contributed by atoms with Gasteiger partial charge in [-0.1, -0.05) is 6.92 Å². The van der Waals surface area contributed by atoms with E-state index in [1.54, 1.807) is 24.3 Å². The van der Waals surface area contributed by atoms with Crippen LogP contribution in [0.15, 0.2) is 24.3 Å². The van der Waals surface area contributed by atoms with Crippen LogP contribution in [0.25, 0.3) is 0 Å². The first-order valence-electron chi connectivity index (χ1n) is 7.62. The van der Waals surface area contributed by atoms with Crippen molar-refractivity contribution in [1.29, 1.82) is 0 Å². The molecule has 1 aliphatic heterocycles. The standard InChI is InChI=1S/C16H22N2O4/c1-2-9-21-13-7-5-12(6-8-13)18-16(20)15(19)17-11-14-4-3-10-22-14/h5-8,14H,2-4,9-11H2,1H3,(H,17,19)(H,18,20)/t14-/m0/s1. The Morgan fingerprint density at radius 1 is 1.27 bits per heavy atom. The number of hydrogen-bond acceptors (Lipinski definition) is 4. The first kappa shape index (κ1) is 16.3. The number of carbonyl (C=O) groups is 2. The summed E-state index contributed by atoms with van der Waals surface area (Å²) in [5.74, 6) is -0.593. The van der Waals surface area contributed by atoms with Crippen molar-refractivity contribution >= 4 is 17.5 Å². The van der Waals surface area contributed by atoms with Crippen molar-refractivity contribution in [2.24, 2.45) is 0 Å². The summed E-state index contributed by atoms with van der Waals surface area (Å²) in [4.78, 5) is 23.5. The molecule has 1 aliphatic rings. The van der Waals surface area contributed by atoms with E-state index in [2.05, 4.69) is 10.6 Å². The van der Waals surface area contributed by atoms with Crippen LogP contribution in [0.4, 0.5) is 5.69 Å². The molecule has 0 bridgehead atoms. The lowest BCUT2D eigenvalue weighted by Crippen LogP contribution is -2.39. The van der Waals surface area contributed by atoms with E-state index >= 15 is 0 Å². The van der Waals surface area contributed by atoms with E-state index in [1.807, 2.05) is 6.92 Å². The number of ether oxygens (including phenoxy) is 2. The molecular formula is C16H22N2O4. The van der Waals surface area contributed by atoms with Gasteiger partial charge in [-0.25, -0.2) is 0 Å². The summed E-state index contributed by atoms with van der Waals surface area (Å²) >= 11 is 0. The van der Waals surface area contributed by atoms with Gasteiger partial charge in [0, 0.05) is 18.8 Å². The van der Waals surface area contributed by atoms with Gasteiger partial charge in [0.15, 0.2) is 0 Å². The average Bonchev–Trinajstić information content (AvgIpc) is 3.05. The largest absolute Gasteiger partial charge is 0.494 e. The van der Waals surface area contributed by atoms with Gasteiger partial charge in [-0.3, -0.25) is 9.59 Å². The van der Waals surface area contributed by atoms with Crippen molar-refractivity contribution in [2.75, 3.05) is 25.1 Å². The Hall–Kier alpha value is -2.08. The van der Waals surface area contributed by atoms with E-state index in [1.165, 1.54) is 0 Å². The predicted octanol–water partition coefficient (Wildman–Crippen LogP) is 1.71. The first-order chi connectivity index (χ1) is 10.7. The van der Waals surface area contributed by atoms with E-state index in [0.29, 0.717) is 18.8 Å². The van der Waals surface area contributed by atoms with Crippen LogP contribution in [0, 0.1) is 0 Å². The lowest BCUT2D eigenvalue weighted by Gasteiger charge is -2.11. The van der Waals surface area contributed by atoms with Crippen LogP contribution in [-0.2, 0) is 14.3 Å². The van der Waals surface area contributed by atoms with E-state index in [4.69, 9.17) is 9.47 Å². The van der Waals surface area contributed by atoms with Crippen molar-refractivity contribution in [1.82, 2.24) is 5.32 Å². The first-order valence-corrected chi connectivity index (χ1v) is 7.62. The number of carbonyl (C=O) groups excluding carboxylic acids is 2. The van der Waals surface area contributed by atoms with Crippen LogP contribution in [0.2, 0.25) is 0 Å². The number of benzene rings is 1. The zero-order chi connectivity index (χ0) is 15.8. The number of rotatable bonds is 6. The summed E-state index contributed by atoms with van der Waals surface area (Å²) in [6.07, 6.45) is 2.87. The normalized spacial score (nSPS) is 17.0. The smallest absolute Gasteiger partial charge is 0.313 e. The van der Waals surface area contributed by atoms with E-state index in [-0.39, 0.29) is 6.10 Å². The molecule has 1 aromatic rings. The SMILES string of the molecule is CCCOc1ccc(NC(=O)C(=O)NC[C@@H]2CCCO2)cc1. The third-order valence-corrected chi connectivity index (χ3v) is 3.31. The van der Waals surface area contributed by atoms with E-state index < -0.39 is 11.8 Å². The Bertz CT molecular complexity index is 495. The molecule has 1 heterocycles. The van der Waals surface area contributed by atoms with Crippen LogP contribution in [0.3, 0.4) is 0 Å². The average molecular weight is 306 g/mol. The van der Waals surface area contributed by atoms with Crippen molar-refractivity contribution in [2.45, 2.75) is 32.3 Å². The third kappa shape index (κ3) is 5.04. The highest BCUT2D eigenvalue weighted by molar-refractivity contribution is 6.39. The maximum absolute atomic E-state index is 11.8. The Morgan fingerprint density at radius 2 is 2.05 bits per heavy atom. The minimum Gasteiger partial charge on any atom is -0.494 e. The van der Waals surface area contributed by atoms with Gasteiger partial charge in [0.2, 0.25) is 0 Å². The Kier molecular flexibility index (Phi) is 6.21. The minimum atomic E-state index is -0.680. The van der Waals surface area contributed by atoms with Gasteiger partial charge in [0.1, 0.15) is 5.75 Å². The van der Waals surface area contributed by atoms with Crippen molar-refractivity contribution in [3.63, 3.8) is 0 Å². The molecule has 22 heavy (non-hydrogen) atoms. The highest BCUT2D eigenvalue weighted by atomic mass is 16.5. The highest BCUT2D eigenvalue weighted by Crippen LogP contribution is 2.16. The van der Waals surface area contributed by atoms with Gasteiger partial charge < -0.3 is 20.1 Å². The minimum absolute atomic E-state index is 0.0201. The Morgan fingerprint density at radius 3 is 2.68 bits per heavy atom. The highest BCUT2D eigenvalue weighted by Gasteiger charge is 2.19. The lowest BCUT2D eigenvalue weighted by molar-refractivity contribution is -0.136. The summed E-state index contributed by atoms with van der Waals surface area (Å²) in [5.41, 5.74) is 0.557. The maximum Gasteiger partial charge on any atom is 0.313 e.